The van der Waals surface area contributed by atoms with E-state index >= 15 is 0 Å². The van der Waals surface area contributed by atoms with E-state index in [9.17, 15) is 0 Å². The molecule has 1 N–H and O–H groups in total. The lowest BCUT2D eigenvalue weighted by Gasteiger charge is -2.05. The second-order valence-corrected chi connectivity index (χ2v) is 4.80. The van der Waals surface area contributed by atoms with Crippen molar-refractivity contribution in [2.24, 2.45) is 0 Å². The van der Waals surface area contributed by atoms with E-state index in [0.29, 0.717) is 0 Å². The normalized spacial score (nSPS) is 10.8. The molecule has 2 heteroatoms. The molecule has 112 valence electrons. The smallest absolute Gasteiger partial charge is 0.0188 e. The second kappa shape index (κ2) is 13.2. The zero-order valence-electron chi connectivity index (χ0n) is 13.2. The zero-order valence-corrected chi connectivity index (χ0v) is 14.0. The van der Waals surface area contributed by atoms with Gasteiger partial charge in [0.1, 0.15) is 0 Å². The summed E-state index contributed by atoms with van der Waals surface area (Å²) in [4.78, 5) is 1.20. The van der Waals surface area contributed by atoms with Crippen molar-refractivity contribution in [1.29, 1.82) is 5.41 Å². The van der Waals surface area contributed by atoms with Gasteiger partial charge in [-0.15, -0.1) is 0 Å². The molecule has 21 heavy (non-hydrogen) atoms. The van der Waals surface area contributed by atoms with Gasteiger partial charge in [0.2, 0.25) is 0 Å². The van der Waals surface area contributed by atoms with Crippen LogP contribution in [0.25, 0.3) is 6.08 Å². The van der Waals surface area contributed by atoms with E-state index in [-0.39, 0.29) is 0 Å². The van der Waals surface area contributed by atoms with Crippen LogP contribution < -0.4 is 0 Å². The molecular weight excluding hydrogens is 274 g/mol. The fourth-order valence-corrected chi connectivity index (χ4v) is 2.27. The molecule has 1 aromatic carbocycles. The Bertz CT molecular complexity index is 510. The molecule has 0 spiro atoms. The highest BCUT2D eigenvalue weighted by atomic mass is 32.2. The van der Waals surface area contributed by atoms with E-state index in [1.165, 1.54) is 16.7 Å². The predicted molar refractivity (Wildman–Crippen MR) is 99.3 cm³/mol. The van der Waals surface area contributed by atoms with Crippen LogP contribution in [0.15, 0.2) is 65.5 Å². The van der Waals surface area contributed by atoms with Crippen LogP contribution >= 0.6 is 11.8 Å². The topological polar surface area (TPSA) is 23.9 Å². The molecule has 0 amide bonds. The average molecular weight is 299 g/mol. The van der Waals surface area contributed by atoms with E-state index in [1.807, 2.05) is 51.2 Å². The first-order chi connectivity index (χ1) is 10.3. The summed E-state index contributed by atoms with van der Waals surface area (Å²) in [5, 5.41) is 9.01. The maximum atomic E-state index is 6.95. The number of thioether (sulfide) groups is 1. The molecule has 1 nitrogen and oxygen atoms in total. The SMILES string of the molecule is C=Cc1cc(C/C=C\C=N)ccc1S/C=C\C=C/C.CC. The minimum Gasteiger partial charge on any atom is -0.309 e. The van der Waals surface area contributed by atoms with Crippen LogP contribution in [0.4, 0.5) is 0 Å². The Morgan fingerprint density at radius 2 is 1.95 bits per heavy atom. The number of benzene rings is 1. The van der Waals surface area contributed by atoms with Crippen LogP contribution in [-0.4, -0.2) is 6.21 Å². The molecule has 0 aliphatic rings. The molecule has 0 radical (unpaired) electrons. The Kier molecular flexibility index (Phi) is 12.1. The molecule has 0 aromatic heterocycles. The van der Waals surface area contributed by atoms with Gasteiger partial charge in [-0.3, -0.25) is 0 Å². The summed E-state index contributed by atoms with van der Waals surface area (Å²) in [7, 11) is 0. The Hall–Kier alpha value is -1.80. The van der Waals surface area contributed by atoms with Gasteiger partial charge in [0.15, 0.2) is 0 Å². The Balaban J connectivity index is 0.00000191. The molecule has 1 rings (SSSR count). The van der Waals surface area contributed by atoms with Crippen LogP contribution in [0.3, 0.4) is 0 Å². The van der Waals surface area contributed by atoms with Gasteiger partial charge in [0.25, 0.3) is 0 Å². The molecular formula is C19H25NS. The highest BCUT2D eigenvalue weighted by Gasteiger charge is 1.99. The number of hydrogen-bond donors (Lipinski definition) is 1. The maximum absolute atomic E-state index is 6.95. The number of rotatable bonds is 7. The third-order valence-electron chi connectivity index (χ3n) is 2.46. The van der Waals surface area contributed by atoms with E-state index in [1.54, 1.807) is 17.8 Å². The summed E-state index contributed by atoms with van der Waals surface area (Å²) in [5.74, 6) is 0. The van der Waals surface area contributed by atoms with Crippen LogP contribution in [0.5, 0.6) is 0 Å². The summed E-state index contributed by atoms with van der Waals surface area (Å²) in [6, 6.07) is 6.38. The summed E-state index contributed by atoms with van der Waals surface area (Å²) in [6.07, 6.45) is 13.8. The van der Waals surface area contributed by atoms with E-state index in [0.717, 1.165) is 12.0 Å². The van der Waals surface area contributed by atoms with Crippen molar-refractivity contribution in [3.05, 3.63) is 71.7 Å². The lowest BCUT2D eigenvalue weighted by atomic mass is 10.1. The fourth-order valence-electron chi connectivity index (χ4n) is 1.53. The summed E-state index contributed by atoms with van der Waals surface area (Å²) in [6.45, 7) is 9.87. The summed E-state index contributed by atoms with van der Waals surface area (Å²) in [5.41, 5.74) is 2.38. The summed E-state index contributed by atoms with van der Waals surface area (Å²) < 4.78 is 0. The van der Waals surface area contributed by atoms with Crippen LogP contribution in [0, 0.1) is 5.41 Å². The van der Waals surface area contributed by atoms with E-state index < -0.39 is 0 Å². The van der Waals surface area contributed by atoms with Crippen molar-refractivity contribution in [3.8, 4) is 0 Å². The van der Waals surface area contributed by atoms with Crippen molar-refractivity contribution in [2.45, 2.75) is 32.1 Å². The minimum atomic E-state index is 0.843. The van der Waals surface area contributed by atoms with Crippen molar-refractivity contribution in [1.82, 2.24) is 0 Å². The predicted octanol–water partition coefficient (Wildman–Crippen LogP) is 6.29. The molecule has 0 unspecified atom stereocenters. The van der Waals surface area contributed by atoms with Crippen molar-refractivity contribution >= 4 is 24.1 Å². The maximum Gasteiger partial charge on any atom is 0.0188 e. The van der Waals surface area contributed by atoms with Gasteiger partial charge in [0.05, 0.1) is 0 Å². The minimum absolute atomic E-state index is 0.843. The van der Waals surface area contributed by atoms with E-state index in [2.05, 4.69) is 30.2 Å². The monoisotopic (exact) mass is 299 g/mol. The zero-order chi connectivity index (χ0) is 15.9. The van der Waals surface area contributed by atoms with Gasteiger partial charge in [-0.1, -0.05) is 74.7 Å². The number of allylic oxidation sites excluding steroid dienone is 5. The van der Waals surface area contributed by atoms with Crippen LogP contribution in [0.1, 0.15) is 31.9 Å². The standard InChI is InChI=1S/C17H19NS.C2H6/c1-3-5-8-13-19-17-11-10-15(9-6-7-12-18)14-16(17)4-2;1-2/h3-8,10-14,18H,2,9H2,1H3;1-2H3/b5-3-,7-6-,13-8-,18-12?;. The van der Waals surface area contributed by atoms with Crippen molar-refractivity contribution in [3.63, 3.8) is 0 Å². The van der Waals surface area contributed by atoms with Crippen molar-refractivity contribution in [2.75, 3.05) is 0 Å². The molecule has 0 fully saturated rings. The van der Waals surface area contributed by atoms with Crippen LogP contribution in [0.2, 0.25) is 0 Å². The van der Waals surface area contributed by atoms with Crippen molar-refractivity contribution < 1.29 is 0 Å². The molecule has 0 saturated carbocycles. The molecule has 0 aliphatic carbocycles. The van der Waals surface area contributed by atoms with Gasteiger partial charge in [-0.2, -0.15) is 0 Å². The third-order valence-corrected chi connectivity index (χ3v) is 3.38. The first kappa shape index (κ1) is 19.2. The van der Waals surface area contributed by atoms with E-state index in [4.69, 9.17) is 5.41 Å². The molecule has 0 aliphatic heterocycles. The lowest BCUT2D eigenvalue weighted by molar-refractivity contribution is 1.24. The number of nitrogens with one attached hydrogen (secondary N) is 1. The Labute approximate surface area is 133 Å². The Morgan fingerprint density at radius 1 is 1.19 bits per heavy atom. The third kappa shape index (κ3) is 8.16. The first-order valence-corrected chi connectivity index (χ1v) is 8.05. The molecule has 0 heterocycles. The fraction of sp³-hybridized carbons (Fsp3) is 0.211. The second-order valence-electron chi connectivity index (χ2n) is 3.85. The van der Waals surface area contributed by atoms with Gasteiger partial charge in [-0.05, 0) is 42.0 Å². The first-order valence-electron chi connectivity index (χ1n) is 7.17. The lowest BCUT2D eigenvalue weighted by Crippen LogP contribution is -1.85. The largest absolute Gasteiger partial charge is 0.309 e. The quantitative estimate of drug-likeness (QED) is 0.357. The van der Waals surface area contributed by atoms with Gasteiger partial charge >= 0.3 is 0 Å². The molecule has 0 atom stereocenters. The highest BCUT2D eigenvalue weighted by molar-refractivity contribution is 8.02. The average Bonchev–Trinajstić information content (AvgIpc) is 2.54. The van der Waals surface area contributed by atoms with Gasteiger partial charge < -0.3 is 5.41 Å². The van der Waals surface area contributed by atoms with Gasteiger partial charge in [0, 0.05) is 11.1 Å². The molecule has 1 aromatic rings. The van der Waals surface area contributed by atoms with Crippen LogP contribution in [-0.2, 0) is 6.42 Å². The van der Waals surface area contributed by atoms with Gasteiger partial charge in [-0.25, -0.2) is 0 Å². The molecule has 0 saturated heterocycles. The highest BCUT2D eigenvalue weighted by Crippen LogP contribution is 2.26. The summed E-state index contributed by atoms with van der Waals surface area (Å²) >= 11 is 1.69. The number of hydrogen-bond acceptors (Lipinski definition) is 2. The Morgan fingerprint density at radius 3 is 2.57 bits per heavy atom. The molecule has 0 bridgehead atoms.